The number of rotatable bonds is 5. The summed E-state index contributed by atoms with van der Waals surface area (Å²) >= 11 is 0. The van der Waals surface area contributed by atoms with Crippen LogP contribution < -0.4 is 10.2 Å². The van der Waals surface area contributed by atoms with Crippen molar-refractivity contribution in [3.8, 4) is 40.1 Å². The topological polar surface area (TPSA) is 122 Å². The fourth-order valence-corrected chi connectivity index (χ4v) is 3.38. The van der Waals surface area contributed by atoms with Gasteiger partial charge in [-0.25, -0.2) is 0 Å². The molecule has 0 aliphatic carbocycles. The molecule has 160 valence electrons. The molecule has 8 nitrogen and oxygen atoms in total. The molecule has 0 radical (unpaired) electrons. The predicted molar refractivity (Wildman–Crippen MR) is 118 cm³/mol. The molecular formula is C25H15N3O5. The normalized spacial score (nSPS) is 10.8. The summed E-state index contributed by atoms with van der Waals surface area (Å²) in [5.41, 5.74) is 2.22. The van der Waals surface area contributed by atoms with Crippen molar-refractivity contribution in [2.75, 3.05) is 0 Å². The lowest BCUT2D eigenvalue weighted by Crippen LogP contribution is -2.05. The highest BCUT2D eigenvalue weighted by Gasteiger charge is 2.14. The average Bonchev–Trinajstić information content (AvgIpc) is 3.32. The first kappa shape index (κ1) is 20.0. The van der Waals surface area contributed by atoms with Crippen molar-refractivity contribution < 1.29 is 18.8 Å². The zero-order chi connectivity index (χ0) is 22.8. The predicted octanol–water partition coefficient (Wildman–Crippen LogP) is 4.67. The zero-order valence-corrected chi connectivity index (χ0v) is 17.1. The van der Waals surface area contributed by atoms with E-state index in [9.17, 15) is 15.2 Å². The van der Waals surface area contributed by atoms with E-state index >= 15 is 0 Å². The van der Waals surface area contributed by atoms with E-state index in [1.54, 1.807) is 54.6 Å². The Morgan fingerprint density at radius 3 is 2.67 bits per heavy atom. The number of fused-ring (bicyclic) bond motifs is 1. The highest BCUT2D eigenvalue weighted by atomic mass is 16.5. The van der Waals surface area contributed by atoms with Gasteiger partial charge in [0.2, 0.25) is 5.82 Å². The first-order valence-corrected chi connectivity index (χ1v) is 9.92. The minimum Gasteiger partial charge on any atom is -0.508 e. The molecule has 33 heavy (non-hydrogen) atoms. The summed E-state index contributed by atoms with van der Waals surface area (Å²) in [7, 11) is 0. The van der Waals surface area contributed by atoms with E-state index < -0.39 is 0 Å². The van der Waals surface area contributed by atoms with Gasteiger partial charge in [0, 0.05) is 6.07 Å². The maximum Gasteiger partial charge on any atom is 0.259 e. The standard InChI is InChI=1S/C25H15N3O5/c26-12-16-3-1-2-4-19(16)25-27-23(28-33-25)14-31-18-9-10-20-22(11-18)32-13-21(24(20)30)15-5-7-17(29)8-6-15/h1-11,13,29H,14H2. The molecule has 2 heterocycles. The van der Waals surface area contributed by atoms with Gasteiger partial charge in [-0.2, -0.15) is 10.2 Å². The third-order valence-corrected chi connectivity index (χ3v) is 5.04. The van der Waals surface area contributed by atoms with Gasteiger partial charge in [0.15, 0.2) is 12.0 Å². The summed E-state index contributed by atoms with van der Waals surface area (Å²) in [5, 5.41) is 23.0. The number of ether oxygens (including phenoxy) is 1. The molecule has 0 saturated heterocycles. The fourth-order valence-electron chi connectivity index (χ4n) is 3.38. The van der Waals surface area contributed by atoms with Crippen LogP contribution in [0, 0.1) is 11.3 Å². The van der Waals surface area contributed by atoms with Gasteiger partial charge >= 0.3 is 0 Å². The summed E-state index contributed by atoms with van der Waals surface area (Å²) in [5.74, 6) is 1.12. The number of hydrogen-bond acceptors (Lipinski definition) is 8. The van der Waals surface area contributed by atoms with Gasteiger partial charge in [0.05, 0.1) is 28.1 Å². The molecule has 0 fully saturated rings. The van der Waals surface area contributed by atoms with Crippen LogP contribution in [0.3, 0.4) is 0 Å². The van der Waals surface area contributed by atoms with Gasteiger partial charge in [0.1, 0.15) is 23.3 Å². The van der Waals surface area contributed by atoms with Gasteiger partial charge in [-0.3, -0.25) is 4.79 Å². The molecule has 0 unspecified atom stereocenters. The molecule has 5 aromatic rings. The van der Waals surface area contributed by atoms with Crippen LogP contribution in [0.2, 0.25) is 0 Å². The lowest BCUT2D eigenvalue weighted by Gasteiger charge is -2.06. The average molecular weight is 437 g/mol. The van der Waals surface area contributed by atoms with E-state index in [2.05, 4.69) is 16.2 Å². The molecule has 8 heteroatoms. The van der Waals surface area contributed by atoms with Crippen molar-refractivity contribution in [3.05, 3.63) is 94.6 Å². The summed E-state index contributed by atoms with van der Waals surface area (Å²) in [6.07, 6.45) is 1.39. The number of phenols is 1. The second-order valence-corrected chi connectivity index (χ2v) is 7.15. The molecule has 0 atom stereocenters. The Balaban J connectivity index is 1.36. The second-order valence-electron chi connectivity index (χ2n) is 7.15. The van der Waals surface area contributed by atoms with E-state index in [4.69, 9.17) is 13.7 Å². The third kappa shape index (κ3) is 3.91. The fraction of sp³-hybridized carbons (Fsp3) is 0.0400. The first-order chi connectivity index (χ1) is 16.1. The second kappa shape index (κ2) is 8.32. The van der Waals surface area contributed by atoms with Crippen LogP contribution in [-0.2, 0) is 6.61 Å². The molecule has 5 rings (SSSR count). The van der Waals surface area contributed by atoms with Crippen LogP contribution in [0.1, 0.15) is 11.4 Å². The highest BCUT2D eigenvalue weighted by Crippen LogP contribution is 2.25. The van der Waals surface area contributed by atoms with Gasteiger partial charge < -0.3 is 18.8 Å². The Hall–Kier alpha value is -4.90. The minimum absolute atomic E-state index is 0.0273. The van der Waals surface area contributed by atoms with E-state index in [1.807, 2.05) is 0 Å². The van der Waals surface area contributed by atoms with Crippen LogP contribution >= 0.6 is 0 Å². The SMILES string of the molecule is N#Cc1ccccc1-c1nc(COc2ccc3c(=O)c(-c4ccc(O)cc4)coc3c2)no1. The number of hydrogen-bond donors (Lipinski definition) is 1. The Kier molecular flexibility index (Phi) is 5.05. The molecule has 0 aliphatic heterocycles. The molecule has 0 spiro atoms. The Labute approximate surface area is 186 Å². The van der Waals surface area contributed by atoms with Crippen molar-refractivity contribution >= 4 is 11.0 Å². The molecule has 0 bridgehead atoms. The molecular weight excluding hydrogens is 422 g/mol. The lowest BCUT2D eigenvalue weighted by molar-refractivity contribution is 0.287. The Morgan fingerprint density at radius 2 is 1.85 bits per heavy atom. The summed E-state index contributed by atoms with van der Waals surface area (Å²) in [6.45, 7) is 0.0273. The van der Waals surface area contributed by atoms with Crippen LogP contribution in [0.25, 0.3) is 33.6 Å². The quantitative estimate of drug-likeness (QED) is 0.421. The van der Waals surface area contributed by atoms with E-state index in [0.717, 1.165) is 0 Å². The third-order valence-electron chi connectivity index (χ3n) is 5.04. The smallest absolute Gasteiger partial charge is 0.259 e. The molecule has 1 N–H and O–H groups in total. The van der Waals surface area contributed by atoms with Gasteiger partial charge in [-0.1, -0.05) is 29.4 Å². The van der Waals surface area contributed by atoms with E-state index in [0.29, 0.717) is 44.8 Å². The summed E-state index contributed by atoms with van der Waals surface area (Å²) in [6, 6.07) is 20.3. The first-order valence-electron chi connectivity index (χ1n) is 9.92. The Morgan fingerprint density at radius 1 is 1.03 bits per heavy atom. The molecule has 0 amide bonds. The number of aromatic nitrogens is 2. The number of phenolic OH excluding ortho intramolecular Hbond substituents is 1. The number of nitrogens with zero attached hydrogens (tertiary/aromatic N) is 3. The van der Waals surface area contributed by atoms with Crippen molar-refractivity contribution in [1.29, 1.82) is 5.26 Å². The zero-order valence-electron chi connectivity index (χ0n) is 17.1. The number of aromatic hydroxyl groups is 1. The van der Waals surface area contributed by atoms with Gasteiger partial charge in [-0.05, 0) is 42.0 Å². The summed E-state index contributed by atoms with van der Waals surface area (Å²) in [4.78, 5) is 17.2. The number of benzene rings is 3. The maximum atomic E-state index is 12.9. The highest BCUT2D eigenvalue weighted by molar-refractivity contribution is 5.82. The molecule has 0 aliphatic rings. The van der Waals surface area contributed by atoms with Gasteiger partial charge in [0.25, 0.3) is 5.89 Å². The van der Waals surface area contributed by atoms with Crippen LogP contribution in [0.5, 0.6) is 11.5 Å². The van der Waals surface area contributed by atoms with Crippen LogP contribution in [0.15, 0.2) is 86.7 Å². The molecule has 2 aromatic heterocycles. The minimum atomic E-state index is -0.188. The molecule has 3 aromatic carbocycles. The van der Waals surface area contributed by atoms with Crippen molar-refractivity contribution in [2.24, 2.45) is 0 Å². The van der Waals surface area contributed by atoms with Gasteiger partial charge in [-0.15, -0.1) is 0 Å². The monoisotopic (exact) mass is 437 g/mol. The van der Waals surface area contributed by atoms with E-state index in [-0.39, 0.29) is 23.7 Å². The van der Waals surface area contributed by atoms with E-state index in [1.165, 1.54) is 18.4 Å². The largest absolute Gasteiger partial charge is 0.508 e. The lowest BCUT2D eigenvalue weighted by atomic mass is 10.1. The Bertz CT molecular complexity index is 1560. The molecule has 0 saturated carbocycles. The maximum absolute atomic E-state index is 12.9. The van der Waals surface area contributed by atoms with Crippen molar-refractivity contribution in [3.63, 3.8) is 0 Å². The number of nitriles is 1. The van der Waals surface area contributed by atoms with Crippen LogP contribution in [0.4, 0.5) is 0 Å². The van der Waals surface area contributed by atoms with Crippen LogP contribution in [-0.4, -0.2) is 15.2 Å². The van der Waals surface area contributed by atoms with Crippen molar-refractivity contribution in [2.45, 2.75) is 6.61 Å². The van der Waals surface area contributed by atoms with Crippen molar-refractivity contribution in [1.82, 2.24) is 10.1 Å². The summed E-state index contributed by atoms with van der Waals surface area (Å²) < 4.78 is 16.7.